The molecule has 30 heavy (non-hydrogen) atoms. The Morgan fingerprint density at radius 1 is 1.03 bits per heavy atom. The van der Waals surface area contributed by atoms with Gasteiger partial charge in [0, 0.05) is 11.5 Å². The third-order valence-electron chi connectivity index (χ3n) is 6.15. The van der Waals surface area contributed by atoms with Gasteiger partial charge in [-0.25, -0.2) is 22.0 Å². The van der Waals surface area contributed by atoms with Gasteiger partial charge < -0.3 is 0 Å². The highest BCUT2D eigenvalue weighted by Gasteiger charge is 2.28. The van der Waals surface area contributed by atoms with E-state index in [1.54, 1.807) is 0 Å². The summed E-state index contributed by atoms with van der Waals surface area (Å²) in [6, 6.07) is 3.79. The fraction of sp³-hybridized carbons (Fsp3) is 0.440. The molecule has 0 unspecified atom stereocenters. The zero-order valence-electron chi connectivity index (χ0n) is 17.2. The van der Waals surface area contributed by atoms with E-state index in [-0.39, 0.29) is 10.9 Å². The molecule has 0 aromatic heterocycles. The Morgan fingerprint density at radius 3 is 2.37 bits per heavy atom. The zero-order chi connectivity index (χ0) is 21.8. The van der Waals surface area contributed by atoms with Crippen LogP contribution in [0.1, 0.15) is 63.0 Å². The van der Waals surface area contributed by atoms with Crippen LogP contribution in [-0.2, 0) is 6.42 Å². The predicted molar refractivity (Wildman–Crippen MR) is 112 cm³/mol. The van der Waals surface area contributed by atoms with E-state index >= 15 is 0 Å². The monoisotopic (exact) mass is 422 g/mol. The highest BCUT2D eigenvalue weighted by Crippen LogP contribution is 2.40. The van der Waals surface area contributed by atoms with Crippen LogP contribution in [0.4, 0.5) is 22.0 Å². The van der Waals surface area contributed by atoms with E-state index in [2.05, 4.69) is 6.58 Å². The van der Waals surface area contributed by atoms with E-state index in [9.17, 15) is 22.0 Å². The minimum Gasteiger partial charge on any atom is -0.208 e. The Hall–Kier alpha value is -2.17. The summed E-state index contributed by atoms with van der Waals surface area (Å²) in [5.41, 5.74) is -0.514. The Morgan fingerprint density at radius 2 is 1.73 bits per heavy atom. The lowest BCUT2D eigenvalue weighted by Gasteiger charge is -2.27. The van der Waals surface area contributed by atoms with Crippen LogP contribution in [0.3, 0.4) is 0 Å². The van der Waals surface area contributed by atoms with Gasteiger partial charge in [-0.2, -0.15) is 0 Å². The predicted octanol–water partition coefficient (Wildman–Crippen LogP) is 8.59. The summed E-state index contributed by atoms with van der Waals surface area (Å²) in [4.78, 5) is 0. The number of halogens is 5. The molecule has 1 aliphatic rings. The number of benzene rings is 2. The van der Waals surface area contributed by atoms with Crippen molar-refractivity contribution in [3.63, 3.8) is 0 Å². The number of hydrogen-bond donors (Lipinski definition) is 0. The smallest absolute Gasteiger partial charge is 0.169 e. The molecule has 1 aliphatic carbocycles. The van der Waals surface area contributed by atoms with Crippen LogP contribution in [-0.4, -0.2) is 0 Å². The lowest BCUT2D eigenvalue weighted by atomic mass is 9.79. The molecular weight excluding hydrogens is 395 g/mol. The normalized spacial score (nSPS) is 20.3. The first kappa shape index (κ1) is 22.5. The molecule has 1 fully saturated rings. The lowest BCUT2D eigenvalue weighted by Crippen LogP contribution is -2.15. The van der Waals surface area contributed by atoms with E-state index < -0.39 is 46.0 Å². The highest BCUT2D eigenvalue weighted by atomic mass is 19.2. The summed E-state index contributed by atoms with van der Waals surface area (Å²) in [5.74, 6) is -6.23. The van der Waals surface area contributed by atoms with Crippen LogP contribution in [0.2, 0.25) is 0 Å². The van der Waals surface area contributed by atoms with E-state index in [1.807, 2.05) is 13.0 Å². The van der Waals surface area contributed by atoms with E-state index in [1.165, 1.54) is 12.1 Å². The van der Waals surface area contributed by atoms with Crippen LogP contribution in [0.5, 0.6) is 0 Å². The number of hydrogen-bond acceptors (Lipinski definition) is 0. The standard InChI is InChI=1S/C25H27F5/c1-3-5-7-15-8-10-16(11-9-15)21(26)24(29)19-13-12-17-14-18(6-4-2)22(27)25(30)20(17)23(19)28/h3,12-16H,1,4-11H2,2H3. The zero-order valence-corrected chi connectivity index (χ0v) is 17.2. The summed E-state index contributed by atoms with van der Waals surface area (Å²) in [6.45, 7) is 5.52. The molecule has 5 heteroatoms. The van der Waals surface area contributed by atoms with Gasteiger partial charge in [0.15, 0.2) is 17.5 Å². The second kappa shape index (κ2) is 9.76. The first-order valence-corrected chi connectivity index (χ1v) is 10.6. The molecule has 162 valence electrons. The molecular formula is C25H27F5. The van der Waals surface area contributed by atoms with Gasteiger partial charge in [-0.1, -0.05) is 25.5 Å². The van der Waals surface area contributed by atoms with Crippen LogP contribution in [0.15, 0.2) is 36.7 Å². The molecule has 0 N–H and O–H groups in total. The number of fused-ring (bicyclic) bond motifs is 1. The highest BCUT2D eigenvalue weighted by molar-refractivity contribution is 5.88. The van der Waals surface area contributed by atoms with Gasteiger partial charge in [-0.3, -0.25) is 0 Å². The van der Waals surface area contributed by atoms with Crippen molar-refractivity contribution in [2.24, 2.45) is 11.8 Å². The maximum absolute atomic E-state index is 15.0. The molecule has 0 spiro atoms. The Kier molecular flexibility index (Phi) is 7.32. The molecule has 2 aromatic carbocycles. The molecule has 0 nitrogen and oxygen atoms in total. The summed E-state index contributed by atoms with van der Waals surface area (Å²) < 4.78 is 73.5. The van der Waals surface area contributed by atoms with Gasteiger partial charge in [-0.15, -0.1) is 6.58 Å². The number of allylic oxidation sites excluding steroid dienone is 2. The molecule has 0 aliphatic heterocycles. The van der Waals surface area contributed by atoms with E-state index in [0.29, 0.717) is 31.6 Å². The molecule has 0 amide bonds. The Bertz CT molecular complexity index is 952. The van der Waals surface area contributed by atoms with Crippen molar-refractivity contribution in [3.8, 4) is 0 Å². The van der Waals surface area contributed by atoms with Crippen LogP contribution < -0.4 is 0 Å². The molecule has 1 saturated carbocycles. The van der Waals surface area contributed by atoms with E-state index in [4.69, 9.17) is 0 Å². The van der Waals surface area contributed by atoms with Crippen molar-refractivity contribution >= 4 is 16.6 Å². The van der Waals surface area contributed by atoms with Gasteiger partial charge >= 0.3 is 0 Å². The molecule has 0 atom stereocenters. The van der Waals surface area contributed by atoms with Crippen LogP contribution in [0.25, 0.3) is 16.6 Å². The maximum Gasteiger partial charge on any atom is 0.169 e. The quantitative estimate of drug-likeness (QED) is 0.310. The van der Waals surface area contributed by atoms with Gasteiger partial charge in [-0.05, 0) is 73.9 Å². The third-order valence-corrected chi connectivity index (χ3v) is 6.15. The summed E-state index contributed by atoms with van der Waals surface area (Å²) in [5, 5.41) is -0.504. The van der Waals surface area contributed by atoms with E-state index in [0.717, 1.165) is 31.7 Å². The summed E-state index contributed by atoms with van der Waals surface area (Å²) >= 11 is 0. The van der Waals surface area contributed by atoms with Gasteiger partial charge in [0.1, 0.15) is 11.6 Å². The fourth-order valence-electron chi connectivity index (χ4n) is 4.42. The largest absolute Gasteiger partial charge is 0.208 e. The second-order valence-corrected chi connectivity index (χ2v) is 8.18. The summed E-state index contributed by atoms with van der Waals surface area (Å²) in [6.07, 6.45) is 7.15. The number of aryl methyl sites for hydroxylation is 1. The van der Waals surface area contributed by atoms with Crippen LogP contribution in [0, 0.1) is 29.3 Å². The van der Waals surface area contributed by atoms with Gasteiger partial charge in [0.25, 0.3) is 0 Å². The molecule has 0 radical (unpaired) electrons. The fourth-order valence-corrected chi connectivity index (χ4v) is 4.42. The first-order valence-electron chi connectivity index (χ1n) is 10.6. The SMILES string of the molecule is C=CCCC1CCC(C(F)=C(F)c2ccc3cc(CCC)c(F)c(F)c3c2F)CC1. The average molecular weight is 422 g/mol. The van der Waals surface area contributed by atoms with Crippen molar-refractivity contribution in [2.45, 2.75) is 58.3 Å². The number of rotatable bonds is 7. The summed E-state index contributed by atoms with van der Waals surface area (Å²) in [7, 11) is 0. The average Bonchev–Trinajstić information content (AvgIpc) is 2.75. The minimum absolute atomic E-state index is 0.134. The van der Waals surface area contributed by atoms with Gasteiger partial charge in [0.2, 0.25) is 0 Å². The lowest BCUT2D eigenvalue weighted by molar-refractivity contribution is 0.263. The topological polar surface area (TPSA) is 0 Å². The first-order chi connectivity index (χ1) is 14.4. The Balaban J connectivity index is 1.92. The molecule has 3 rings (SSSR count). The van der Waals surface area contributed by atoms with Crippen molar-refractivity contribution in [1.29, 1.82) is 0 Å². The molecule has 0 saturated heterocycles. The molecule has 2 aromatic rings. The van der Waals surface area contributed by atoms with Crippen molar-refractivity contribution in [2.75, 3.05) is 0 Å². The third kappa shape index (κ3) is 4.45. The van der Waals surface area contributed by atoms with Crippen molar-refractivity contribution < 1.29 is 22.0 Å². The van der Waals surface area contributed by atoms with Gasteiger partial charge in [0.05, 0.1) is 5.39 Å². The van der Waals surface area contributed by atoms with Crippen LogP contribution >= 0.6 is 0 Å². The van der Waals surface area contributed by atoms with Crippen molar-refractivity contribution in [3.05, 3.63) is 65.3 Å². The molecule has 0 heterocycles. The van der Waals surface area contributed by atoms with Crippen molar-refractivity contribution in [1.82, 2.24) is 0 Å². The minimum atomic E-state index is -1.36. The molecule has 0 bridgehead atoms. The second-order valence-electron chi connectivity index (χ2n) is 8.18. The Labute approximate surface area is 174 Å². The maximum atomic E-state index is 15.0.